The molecule has 112 valence electrons. The van der Waals surface area contributed by atoms with Gasteiger partial charge >= 0.3 is 0 Å². The topological polar surface area (TPSA) is 66.8 Å². The minimum atomic E-state index is -3.51. The lowest BCUT2D eigenvalue weighted by Gasteiger charge is -2.19. The van der Waals surface area contributed by atoms with E-state index < -0.39 is 10.0 Å². The summed E-state index contributed by atoms with van der Waals surface area (Å²) in [7, 11) is -1.91. The van der Waals surface area contributed by atoms with Crippen LogP contribution in [0.5, 0.6) is 0 Å². The number of hydrogen-bond donors (Lipinski definition) is 1. The van der Waals surface area contributed by atoms with E-state index >= 15 is 0 Å². The van der Waals surface area contributed by atoms with E-state index in [1.807, 2.05) is 6.92 Å². The maximum absolute atomic E-state index is 12.7. The van der Waals surface area contributed by atoms with E-state index in [0.717, 1.165) is 12.0 Å². The summed E-state index contributed by atoms with van der Waals surface area (Å²) in [5.41, 5.74) is 1.39. The normalized spacial score (nSPS) is 20.4. The summed E-state index contributed by atoms with van der Waals surface area (Å²) in [5, 5.41) is 9.21. The van der Waals surface area contributed by atoms with Crippen LogP contribution < -0.4 is 0 Å². The third kappa shape index (κ3) is 2.88. The van der Waals surface area contributed by atoms with Gasteiger partial charge in [0.15, 0.2) is 0 Å². The zero-order valence-electron chi connectivity index (χ0n) is 11.9. The Balaban J connectivity index is 2.38. The molecule has 0 aliphatic carbocycles. The highest BCUT2D eigenvalue weighted by Crippen LogP contribution is 2.26. The summed E-state index contributed by atoms with van der Waals surface area (Å²) in [6.07, 6.45) is 1.33. The molecule has 5 nitrogen and oxygen atoms in total. The summed E-state index contributed by atoms with van der Waals surface area (Å²) >= 11 is 0. The van der Waals surface area contributed by atoms with Crippen LogP contribution in [-0.2, 0) is 27.8 Å². The van der Waals surface area contributed by atoms with Crippen LogP contribution in [0.15, 0.2) is 23.1 Å². The molecule has 1 atom stereocenters. The van der Waals surface area contributed by atoms with Crippen LogP contribution in [0.1, 0.15) is 24.5 Å². The maximum atomic E-state index is 12.7. The van der Waals surface area contributed by atoms with E-state index in [1.54, 1.807) is 25.3 Å². The summed E-state index contributed by atoms with van der Waals surface area (Å²) in [4.78, 5) is 0.309. The first kappa shape index (κ1) is 15.4. The quantitative estimate of drug-likeness (QED) is 0.886. The third-order valence-corrected chi connectivity index (χ3v) is 5.70. The SMILES string of the molecule is CCc1ccc(CO)cc1S(=O)(=O)N1CCC(OC)C1. The van der Waals surface area contributed by atoms with Gasteiger partial charge in [-0.1, -0.05) is 19.1 Å². The average Bonchev–Trinajstić information content (AvgIpc) is 2.96. The van der Waals surface area contributed by atoms with Crippen molar-refractivity contribution in [3.8, 4) is 0 Å². The van der Waals surface area contributed by atoms with E-state index in [2.05, 4.69) is 0 Å². The van der Waals surface area contributed by atoms with Gasteiger partial charge in [-0.2, -0.15) is 4.31 Å². The molecule has 0 spiro atoms. The molecule has 0 bridgehead atoms. The molecule has 0 radical (unpaired) electrons. The number of methoxy groups -OCH3 is 1. The van der Waals surface area contributed by atoms with Crippen LogP contribution in [0, 0.1) is 0 Å². The van der Waals surface area contributed by atoms with Crippen LogP contribution in [0.2, 0.25) is 0 Å². The van der Waals surface area contributed by atoms with Crippen LogP contribution >= 0.6 is 0 Å². The van der Waals surface area contributed by atoms with Gasteiger partial charge in [0, 0.05) is 20.2 Å². The molecule has 0 aromatic heterocycles. The largest absolute Gasteiger partial charge is 0.392 e. The lowest BCUT2D eigenvalue weighted by molar-refractivity contribution is 0.115. The number of hydrogen-bond acceptors (Lipinski definition) is 4. The van der Waals surface area contributed by atoms with Crippen LogP contribution in [0.25, 0.3) is 0 Å². The lowest BCUT2D eigenvalue weighted by Crippen LogP contribution is -2.30. The molecule has 1 saturated heterocycles. The second kappa shape index (κ2) is 6.22. The van der Waals surface area contributed by atoms with Gasteiger partial charge in [-0.05, 0) is 30.0 Å². The summed E-state index contributed by atoms with van der Waals surface area (Å²) in [6.45, 7) is 2.64. The predicted molar refractivity (Wildman–Crippen MR) is 75.9 cm³/mol. The van der Waals surface area contributed by atoms with Gasteiger partial charge in [0.25, 0.3) is 0 Å². The van der Waals surface area contributed by atoms with E-state index in [4.69, 9.17) is 4.74 Å². The molecule has 1 heterocycles. The highest BCUT2D eigenvalue weighted by molar-refractivity contribution is 7.89. The van der Waals surface area contributed by atoms with E-state index in [-0.39, 0.29) is 12.7 Å². The number of aryl methyl sites for hydroxylation is 1. The van der Waals surface area contributed by atoms with Gasteiger partial charge in [0.05, 0.1) is 17.6 Å². The van der Waals surface area contributed by atoms with E-state index in [1.165, 1.54) is 4.31 Å². The molecule has 0 saturated carbocycles. The third-order valence-electron chi connectivity index (χ3n) is 3.75. The smallest absolute Gasteiger partial charge is 0.243 e. The molecule has 1 N–H and O–H groups in total. The van der Waals surface area contributed by atoms with Crippen LogP contribution in [0.3, 0.4) is 0 Å². The second-order valence-corrected chi connectivity index (χ2v) is 6.87. The van der Waals surface area contributed by atoms with Crippen molar-refractivity contribution in [3.05, 3.63) is 29.3 Å². The van der Waals surface area contributed by atoms with Gasteiger partial charge < -0.3 is 9.84 Å². The fourth-order valence-electron chi connectivity index (χ4n) is 2.48. The van der Waals surface area contributed by atoms with Crippen molar-refractivity contribution in [2.75, 3.05) is 20.2 Å². The second-order valence-electron chi connectivity index (χ2n) is 4.96. The Morgan fingerprint density at radius 2 is 2.20 bits per heavy atom. The summed E-state index contributed by atoms with van der Waals surface area (Å²) in [6, 6.07) is 5.12. The minimum Gasteiger partial charge on any atom is -0.392 e. The molecular weight excluding hydrogens is 278 g/mol. The lowest BCUT2D eigenvalue weighted by atomic mass is 10.1. The fourth-order valence-corrected chi connectivity index (χ4v) is 4.31. The molecule has 1 aromatic rings. The number of aliphatic hydroxyl groups is 1. The highest BCUT2D eigenvalue weighted by Gasteiger charge is 2.33. The summed E-state index contributed by atoms with van der Waals surface area (Å²) < 4.78 is 32.2. The van der Waals surface area contributed by atoms with Gasteiger partial charge in [0.1, 0.15) is 0 Å². The average molecular weight is 299 g/mol. The van der Waals surface area contributed by atoms with Crippen LogP contribution in [-0.4, -0.2) is 44.1 Å². The van der Waals surface area contributed by atoms with Crippen LogP contribution in [0.4, 0.5) is 0 Å². The van der Waals surface area contributed by atoms with E-state index in [9.17, 15) is 13.5 Å². The highest BCUT2D eigenvalue weighted by atomic mass is 32.2. The molecule has 0 amide bonds. The Labute approximate surface area is 120 Å². The number of benzene rings is 1. The maximum Gasteiger partial charge on any atom is 0.243 e. The zero-order chi connectivity index (χ0) is 14.8. The zero-order valence-corrected chi connectivity index (χ0v) is 12.7. The standard InChI is InChI=1S/C14H21NO4S/c1-3-12-5-4-11(10-16)8-14(12)20(17,18)15-7-6-13(9-15)19-2/h4-5,8,13,16H,3,6-7,9-10H2,1-2H3. The summed E-state index contributed by atoms with van der Waals surface area (Å²) in [5.74, 6) is 0. The minimum absolute atomic E-state index is 0.0316. The van der Waals surface area contributed by atoms with Crippen molar-refractivity contribution < 1.29 is 18.3 Å². The molecule has 1 aliphatic rings. The van der Waals surface area contributed by atoms with Crippen molar-refractivity contribution in [2.45, 2.75) is 37.4 Å². The first-order chi connectivity index (χ1) is 9.52. The van der Waals surface area contributed by atoms with Crippen molar-refractivity contribution in [3.63, 3.8) is 0 Å². The Bertz CT molecular complexity index is 571. The van der Waals surface area contributed by atoms with Crippen molar-refractivity contribution >= 4 is 10.0 Å². The Kier molecular flexibility index (Phi) is 4.80. The molecule has 2 rings (SSSR count). The number of ether oxygens (including phenoxy) is 1. The number of sulfonamides is 1. The number of rotatable bonds is 5. The molecule has 20 heavy (non-hydrogen) atoms. The fraction of sp³-hybridized carbons (Fsp3) is 0.571. The number of aliphatic hydroxyl groups excluding tert-OH is 1. The monoisotopic (exact) mass is 299 g/mol. The van der Waals surface area contributed by atoms with Gasteiger partial charge in [-0.3, -0.25) is 0 Å². The molecular formula is C14H21NO4S. The molecule has 1 aliphatic heterocycles. The van der Waals surface area contributed by atoms with E-state index in [0.29, 0.717) is 30.0 Å². The Morgan fingerprint density at radius 1 is 1.45 bits per heavy atom. The molecule has 1 fully saturated rings. The van der Waals surface area contributed by atoms with Gasteiger partial charge in [-0.25, -0.2) is 8.42 Å². The first-order valence-corrected chi connectivity index (χ1v) is 8.22. The van der Waals surface area contributed by atoms with Crippen molar-refractivity contribution in [2.24, 2.45) is 0 Å². The van der Waals surface area contributed by atoms with Gasteiger partial charge in [-0.15, -0.1) is 0 Å². The molecule has 1 unspecified atom stereocenters. The molecule has 1 aromatic carbocycles. The van der Waals surface area contributed by atoms with Gasteiger partial charge in [0.2, 0.25) is 10.0 Å². The Morgan fingerprint density at radius 3 is 2.75 bits per heavy atom. The number of nitrogens with zero attached hydrogens (tertiary/aromatic N) is 1. The van der Waals surface area contributed by atoms with Crippen molar-refractivity contribution in [1.29, 1.82) is 0 Å². The predicted octanol–water partition coefficient (Wildman–Crippen LogP) is 1.15. The Hall–Kier alpha value is -0.950. The first-order valence-electron chi connectivity index (χ1n) is 6.78. The van der Waals surface area contributed by atoms with Crippen molar-refractivity contribution in [1.82, 2.24) is 4.31 Å². The molecule has 6 heteroatoms.